The number of halogens is 2. The summed E-state index contributed by atoms with van der Waals surface area (Å²) in [6.45, 7) is 2.43. The van der Waals surface area contributed by atoms with Crippen LogP contribution >= 0.6 is 27.7 Å². The molecule has 36 heavy (non-hydrogen) atoms. The summed E-state index contributed by atoms with van der Waals surface area (Å²) in [6, 6.07) is 19.3. The normalized spacial score (nSPS) is 11.2. The maximum Gasteiger partial charge on any atom is 0.264 e. The van der Waals surface area contributed by atoms with Gasteiger partial charge < -0.3 is 10.1 Å². The Kier molecular flexibility index (Phi) is 10.6. The lowest BCUT2D eigenvalue weighted by molar-refractivity contribution is -0.119. The third-order valence-corrected chi connectivity index (χ3v) is 8.53. The van der Waals surface area contributed by atoms with Gasteiger partial charge in [-0.05, 0) is 85.3 Å². The van der Waals surface area contributed by atoms with Crippen molar-refractivity contribution in [1.82, 2.24) is 5.32 Å². The van der Waals surface area contributed by atoms with Crippen LogP contribution in [0.1, 0.15) is 18.9 Å². The summed E-state index contributed by atoms with van der Waals surface area (Å²) in [7, 11) is -3.98. The molecule has 6 nitrogen and oxygen atoms in total. The summed E-state index contributed by atoms with van der Waals surface area (Å²) in [5.41, 5.74) is 1.40. The molecule has 1 N–H and O–H groups in total. The second-order valence-corrected chi connectivity index (χ2v) is 11.7. The van der Waals surface area contributed by atoms with Crippen LogP contribution in [0.2, 0.25) is 0 Å². The molecule has 0 aliphatic heterocycles. The molecule has 0 radical (unpaired) electrons. The second kappa shape index (κ2) is 13.7. The fourth-order valence-corrected chi connectivity index (χ4v) is 5.89. The Morgan fingerprint density at radius 2 is 1.69 bits per heavy atom. The zero-order valence-electron chi connectivity index (χ0n) is 19.8. The maximum atomic E-state index is 13.4. The highest BCUT2D eigenvalue weighted by molar-refractivity contribution is 9.10. The quantitative estimate of drug-likeness (QED) is 0.260. The number of thioether (sulfide) groups is 1. The molecule has 0 aliphatic carbocycles. The SMILES string of the molecule is CCOc1ccc(N(CC(=O)NCCCSCc2ccc(F)cc2)S(=O)(=O)c2ccc(Br)cc2)cc1. The van der Waals surface area contributed by atoms with E-state index in [4.69, 9.17) is 4.74 Å². The summed E-state index contributed by atoms with van der Waals surface area (Å²) in [6.07, 6.45) is 0.722. The fraction of sp³-hybridized carbons (Fsp3) is 0.269. The summed E-state index contributed by atoms with van der Waals surface area (Å²) in [5.74, 6) is 1.52. The van der Waals surface area contributed by atoms with Crippen LogP contribution in [-0.2, 0) is 20.6 Å². The number of hydrogen-bond donors (Lipinski definition) is 1. The van der Waals surface area contributed by atoms with Crippen LogP contribution in [0, 0.1) is 5.82 Å². The largest absolute Gasteiger partial charge is 0.494 e. The first-order valence-corrected chi connectivity index (χ1v) is 14.8. The van der Waals surface area contributed by atoms with Gasteiger partial charge in [0.1, 0.15) is 18.1 Å². The van der Waals surface area contributed by atoms with E-state index >= 15 is 0 Å². The molecular formula is C26H28BrFN2O4S2. The lowest BCUT2D eigenvalue weighted by atomic mass is 10.2. The Bertz CT molecular complexity index is 1220. The molecule has 0 fully saturated rings. The molecule has 0 aliphatic rings. The van der Waals surface area contributed by atoms with Gasteiger partial charge in [0.2, 0.25) is 5.91 Å². The smallest absolute Gasteiger partial charge is 0.264 e. The number of hydrogen-bond acceptors (Lipinski definition) is 5. The van der Waals surface area contributed by atoms with E-state index in [0.29, 0.717) is 24.6 Å². The van der Waals surface area contributed by atoms with Gasteiger partial charge in [-0.15, -0.1) is 0 Å². The predicted octanol–water partition coefficient (Wildman–Crippen LogP) is 5.62. The number of nitrogens with zero attached hydrogens (tertiary/aromatic N) is 1. The van der Waals surface area contributed by atoms with Gasteiger partial charge in [0.25, 0.3) is 10.0 Å². The van der Waals surface area contributed by atoms with E-state index in [1.54, 1.807) is 60.3 Å². The highest BCUT2D eigenvalue weighted by Gasteiger charge is 2.27. The number of carbonyl (C=O) groups is 1. The molecule has 0 saturated carbocycles. The third kappa shape index (κ3) is 8.25. The van der Waals surface area contributed by atoms with Gasteiger partial charge in [-0.1, -0.05) is 28.1 Å². The molecule has 1 amide bonds. The zero-order chi connectivity index (χ0) is 26.0. The predicted molar refractivity (Wildman–Crippen MR) is 146 cm³/mol. The highest BCUT2D eigenvalue weighted by Crippen LogP contribution is 2.26. The first kappa shape index (κ1) is 28.0. The number of nitrogens with one attached hydrogen (secondary N) is 1. The minimum Gasteiger partial charge on any atom is -0.494 e. The van der Waals surface area contributed by atoms with Crippen molar-refractivity contribution in [3.05, 3.63) is 88.6 Å². The van der Waals surface area contributed by atoms with Crippen LogP contribution in [0.25, 0.3) is 0 Å². The van der Waals surface area contributed by atoms with Crippen molar-refractivity contribution in [3.63, 3.8) is 0 Å². The molecule has 3 rings (SSSR count). The van der Waals surface area contributed by atoms with Gasteiger partial charge in [-0.3, -0.25) is 9.10 Å². The lowest BCUT2D eigenvalue weighted by Gasteiger charge is -2.24. The van der Waals surface area contributed by atoms with E-state index in [0.717, 1.165) is 32.3 Å². The minimum atomic E-state index is -3.98. The molecule has 3 aromatic carbocycles. The van der Waals surface area contributed by atoms with Crippen LogP contribution in [0.5, 0.6) is 5.75 Å². The number of anilines is 1. The number of sulfonamides is 1. The van der Waals surface area contributed by atoms with Crippen LogP contribution in [0.4, 0.5) is 10.1 Å². The maximum absolute atomic E-state index is 13.4. The van der Waals surface area contributed by atoms with E-state index < -0.39 is 15.9 Å². The van der Waals surface area contributed by atoms with Crippen molar-refractivity contribution in [2.45, 2.75) is 24.0 Å². The zero-order valence-corrected chi connectivity index (χ0v) is 23.0. The fourth-order valence-electron chi connectivity index (χ4n) is 3.28. The van der Waals surface area contributed by atoms with Crippen molar-refractivity contribution in [2.24, 2.45) is 0 Å². The van der Waals surface area contributed by atoms with Gasteiger partial charge in [0, 0.05) is 16.8 Å². The van der Waals surface area contributed by atoms with E-state index in [9.17, 15) is 17.6 Å². The summed E-state index contributed by atoms with van der Waals surface area (Å²) in [4.78, 5) is 12.8. The number of ether oxygens (including phenoxy) is 1. The van der Waals surface area contributed by atoms with Gasteiger partial charge in [0.15, 0.2) is 0 Å². The summed E-state index contributed by atoms with van der Waals surface area (Å²) in [5, 5.41) is 2.81. The van der Waals surface area contributed by atoms with E-state index in [2.05, 4.69) is 21.2 Å². The van der Waals surface area contributed by atoms with Crippen LogP contribution in [0.3, 0.4) is 0 Å². The number of rotatable bonds is 13. The Balaban J connectivity index is 1.60. The monoisotopic (exact) mass is 594 g/mol. The van der Waals surface area contributed by atoms with Crippen molar-refractivity contribution in [3.8, 4) is 5.75 Å². The van der Waals surface area contributed by atoms with Gasteiger partial charge in [0.05, 0.1) is 17.2 Å². The van der Waals surface area contributed by atoms with Crippen LogP contribution in [-0.4, -0.2) is 39.8 Å². The van der Waals surface area contributed by atoms with Crippen LogP contribution < -0.4 is 14.4 Å². The molecule has 0 aromatic heterocycles. The molecule has 0 heterocycles. The minimum absolute atomic E-state index is 0.0876. The number of benzene rings is 3. The van der Waals surface area contributed by atoms with E-state index in [-0.39, 0.29) is 17.3 Å². The molecule has 192 valence electrons. The highest BCUT2D eigenvalue weighted by atomic mass is 79.9. The van der Waals surface area contributed by atoms with Crippen molar-refractivity contribution < 1.29 is 22.3 Å². The Morgan fingerprint density at radius 3 is 2.33 bits per heavy atom. The van der Waals surface area contributed by atoms with E-state index in [1.807, 2.05) is 6.92 Å². The van der Waals surface area contributed by atoms with Gasteiger partial charge in [-0.25, -0.2) is 12.8 Å². The number of amides is 1. The first-order chi connectivity index (χ1) is 17.3. The van der Waals surface area contributed by atoms with Crippen LogP contribution in [0.15, 0.2) is 82.2 Å². The van der Waals surface area contributed by atoms with Crippen molar-refractivity contribution in [2.75, 3.05) is 29.8 Å². The summed E-state index contributed by atoms with van der Waals surface area (Å²) < 4.78 is 47.2. The summed E-state index contributed by atoms with van der Waals surface area (Å²) >= 11 is 5.00. The Morgan fingerprint density at radius 1 is 1.03 bits per heavy atom. The molecular weight excluding hydrogens is 567 g/mol. The Labute approximate surface area is 224 Å². The van der Waals surface area contributed by atoms with E-state index in [1.165, 1.54) is 24.3 Å². The average Bonchev–Trinajstić information content (AvgIpc) is 2.87. The molecule has 0 bridgehead atoms. The van der Waals surface area contributed by atoms with Crippen molar-refractivity contribution >= 4 is 49.3 Å². The van der Waals surface area contributed by atoms with Gasteiger partial charge in [-0.2, -0.15) is 11.8 Å². The second-order valence-electron chi connectivity index (χ2n) is 7.78. The first-order valence-electron chi connectivity index (χ1n) is 11.4. The third-order valence-electron chi connectivity index (χ3n) is 5.09. The molecule has 10 heteroatoms. The molecule has 0 saturated heterocycles. The molecule has 0 spiro atoms. The number of carbonyl (C=O) groups excluding carboxylic acids is 1. The molecule has 0 atom stereocenters. The standard InChI is InChI=1S/C26H28BrFN2O4S2/c1-2-34-24-12-10-23(11-13-24)30(36(32,33)25-14-6-21(27)7-15-25)18-26(31)29-16-3-17-35-19-20-4-8-22(28)9-5-20/h4-15H,2-3,16-19H2,1H3,(H,29,31). The van der Waals surface area contributed by atoms with Crippen molar-refractivity contribution in [1.29, 1.82) is 0 Å². The lowest BCUT2D eigenvalue weighted by Crippen LogP contribution is -2.41. The average molecular weight is 596 g/mol. The Hall–Kier alpha value is -2.56. The molecule has 3 aromatic rings. The topological polar surface area (TPSA) is 75.7 Å². The van der Waals surface area contributed by atoms with Gasteiger partial charge >= 0.3 is 0 Å². The molecule has 0 unspecified atom stereocenters.